The van der Waals surface area contributed by atoms with Crippen LogP contribution >= 0.6 is 22.7 Å². The molecule has 2 aromatic rings. The summed E-state index contributed by atoms with van der Waals surface area (Å²) >= 11 is 2.71. The van der Waals surface area contributed by atoms with Crippen LogP contribution in [0.5, 0.6) is 0 Å². The molecule has 5 nitrogen and oxygen atoms in total. The van der Waals surface area contributed by atoms with E-state index < -0.39 is 10.0 Å². The Morgan fingerprint density at radius 1 is 1.23 bits per heavy atom. The number of rotatable bonds is 4. The van der Waals surface area contributed by atoms with E-state index in [9.17, 15) is 13.2 Å². The molecule has 0 aromatic carbocycles. The van der Waals surface area contributed by atoms with Crippen molar-refractivity contribution in [1.29, 1.82) is 0 Å². The first kappa shape index (κ1) is 15.7. The number of likely N-dealkylation sites (tertiary alicyclic amines) is 1. The molecule has 2 aromatic heterocycles. The lowest BCUT2D eigenvalue weighted by molar-refractivity contribution is 0.0712. The molecular weight excluding hydrogens is 340 g/mol. The number of nitrogens with one attached hydrogen (secondary N) is 1. The van der Waals surface area contributed by atoms with E-state index >= 15 is 0 Å². The first-order valence-electron chi connectivity index (χ1n) is 6.93. The van der Waals surface area contributed by atoms with Gasteiger partial charge in [-0.2, -0.15) is 11.3 Å². The van der Waals surface area contributed by atoms with Crippen LogP contribution in [0.3, 0.4) is 0 Å². The van der Waals surface area contributed by atoms with E-state index in [1.54, 1.807) is 22.4 Å². The second kappa shape index (κ2) is 6.49. The molecule has 3 heterocycles. The minimum Gasteiger partial charge on any atom is -0.339 e. The maximum absolute atomic E-state index is 12.2. The monoisotopic (exact) mass is 356 g/mol. The predicted molar refractivity (Wildman–Crippen MR) is 87.9 cm³/mol. The summed E-state index contributed by atoms with van der Waals surface area (Å²) in [4.78, 5) is 14.0. The fraction of sp³-hybridized carbons (Fsp3) is 0.357. The number of piperidine rings is 1. The maximum atomic E-state index is 12.2. The van der Waals surface area contributed by atoms with E-state index in [1.807, 2.05) is 16.8 Å². The van der Waals surface area contributed by atoms with E-state index in [0.29, 0.717) is 35.7 Å². The lowest BCUT2D eigenvalue weighted by Crippen LogP contribution is -2.46. The van der Waals surface area contributed by atoms with Crippen molar-refractivity contribution in [2.75, 3.05) is 13.1 Å². The molecule has 0 atom stereocenters. The zero-order valence-electron chi connectivity index (χ0n) is 11.8. The van der Waals surface area contributed by atoms with Crippen molar-refractivity contribution >= 4 is 38.6 Å². The van der Waals surface area contributed by atoms with Crippen LogP contribution in [-0.2, 0) is 10.0 Å². The van der Waals surface area contributed by atoms with Crippen LogP contribution in [-0.4, -0.2) is 38.4 Å². The number of nitrogens with zero attached hydrogens (tertiary/aromatic N) is 1. The molecule has 1 saturated heterocycles. The predicted octanol–water partition coefficient (Wildman–Crippen LogP) is 2.39. The van der Waals surface area contributed by atoms with Gasteiger partial charge in [0.2, 0.25) is 10.0 Å². The Morgan fingerprint density at radius 3 is 2.59 bits per heavy atom. The van der Waals surface area contributed by atoms with Crippen LogP contribution in [0.25, 0.3) is 0 Å². The highest BCUT2D eigenvalue weighted by Gasteiger charge is 2.27. The molecule has 3 rings (SSSR count). The van der Waals surface area contributed by atoms with Gasteiger partial charge in [0.15, 0.2) is 0 Å². The van der Waals surface area contributed by atoms with Crippen molar-refractivity contribution in [2.45, 2.75) is 23.1 Å². The molecule has 0 radical (unpaired) electrons. The van der Waals surface area contributed by atoms with Gasteiger partial charge in [-0.15, -0.1) is 11.3 Å². The number of hydrogen-bond donors (Lipinski definition) is 1. The quantitative estimate of drug-likeness (QED) is 0.915. The third kappa shape index (κ3) is 3.40. The van der Waals surface area contributed by atoms with Gasteiger partial charge in [0.1, 0.15) is 4.21 Å². The third-order valence-corrected chi connectivity index (χ3v) is 7.23. The minimum atomic E-state index is -3.43. The first-order chi connectivity index (χ1) is 10.6. The van der Waals surface area contributed by atoms with Crippen LogP contribution in [0.15, 0.2) is 38.5 Å². The SMILES string of the molecule is O=C(c1ccsc1)N1CCC(NS(=O)(=O)c2cccs2)CC1. The fourth-order valence-electron chi connectivity index (χ4n) is 2.46. The summed E-state index contributed by atoms with van der Waals surface area (Å²) in [5.41, 5.74) is 0.711. The molecule has 0 saturated carbocycles. The number of thiophene rings is 2. The van der Waals surface area contributed by atoms with Gasteiger partial charge in [-0.3, -0.25) is 4.79 Å². The molecule has 0 aliphatic carbocycles. The summed E-state index contributed by atoms with van der Waals surface area (Å²) < 4.78 is 27.4. The molecule has 1 fully saturated rings. The Morgan fingerprint density at radius 2 is 2.00 bits per heavy atom. The van der Waals surface area contributed by atoms with Gasteiger partial charge < -0.3 is 4.90 Å². The van der Waals surface area contributed by atoms with E-state index in [2.05, 4.69) is 4.72 Å². The molecule has 0 bridgehead atoms. The highest BCUT2D eigenvalue weighted by atomic mass is 32.2. The molecular formula is C14H16N2O3S3. The Labute approximate surface area is 137 Å². The van der Waals surface area contributed by atoms with E-state index in [0.717, 1.165) is 0 Å². The largest absolute Gasteiger partial charge is 0.339 e. The highest BCUT2D eigenvalue weighted by Crippen LogP contribution is 2.20. The van der Waals surface area contributed by atoms with Crippen LogP contribution in [0.4, 0.5) is 0 Å². The van der Waals surface area contributed by atoms with Gasteiger partial charge in [0.25, 0.3) is 5.91 Å². The van der Waals surface area contributed by atoms with Crippen molar-refractivity contribution in [3.8, 4) is 0 Å². The summed E-state index contributed by atoms with van der Waals surface area (Å²) in [7, 11) is -3.43. The van der Waals surface area contributed by atoms with Crippen molar-refractivity contribution in [3.63, 3.8) is 0 Å². The summed E-state index contributed by atoms with van der Waals surface area (Å²) in [6.07, 6.45) is 1.28. The molecule has 118 valence electrons. The molecule has 0 unspecified atom stereocenters. The molecule has 1 aliphatic rings. The number of amides is 1. The van der Waals surface area contributed by atoms with Gasteiger partial charge in [0.05, 0.1) is 5.56 Å². The van der Waals surface area contributed by atoms with Crippen molar-refractivity contribution in [3.05, 3.63) is 39.9 Å². The maximum Gasteiger partial charge on any atom is 0.254 e. The van der Waals surface area contributed by atoms with E-state index in [4.69, 9.17) is 0 Å². The molecule has 8 heteroatoms. The Bertz CT molecular complexity index is 715. The lowest BCUT2D eigenvalue weighted by atomic mass is 10.1. The van der Waals surface area contributed by atoms with Gasteiger partial charge in [-0.05, 0) is 35.7 Å². The van der Waals surface area contributed by atoms with Crippen LogP contribution in [0, 0.1) is 0 Å². The highest BCUT2D eigenvalue weighted by molar-refractivity contribution is 7.91. The second-order valence-electron chi connectivity index (χ2n) is 5.13. The number of carbonyl (C=O) groups excluding carboxylic acids is 1. The van der Waals surface area contributed by atoms with Gasteiger partial charge in [0, 0.05) is 24.5 Å². The molecule has 22 heavy (non-hydrogen) atoms. The second-order valence-corrected chi connectivity index (χ2v) is 8.80. The molecule has 1 amide bonds. The van der Waals surface area contributed by atoms with Crippen LogP contribution in [0.2, 0.25) is 0 Å². The Hall–Kier alpha value is -1.22. The zero-order chi connectivity index (χ0) is 15.6. The van der Waals surface area contributed by atoms with E-state index in [-0.39, 0.29) is 11.9 Å². The number of sulfonamides is 1. The van der Waals surface area contributed by atoms with Gasteiger partial charge in [-0.25, -0.2) is 13.1 Å². The Balaban J connectivity index is 1.57. The minimum absolute atomic E-state index is 0.0285. The first-order valence-corrected chi connectivity index (χ1v) is 10.2. The van der Waals surface area contributed by atoms with E-state index in [1.165, 1.54) is 22.7 Å². The third-order valence-electron chi connectivity index (χ3n) is 3.63. The molecule has 0 spiro atoms. The molecule has 1 N–H and O–H groups in total. The Kier molecular flexibility index (Phi) is 4.62. The average Bonchev–Trinajstić information content (AvgIpc) is 3.20. The summed E-state index contributed by atoms with van der Waals surface area (Å²) in [5.74, 6) is 0.0285. The topological polar surface area (TPSA) is 66.5 Å². The van der Waals surface area contributed by atoms with Gasteiger partial charge >= 0.3 is 0 Å². The zero-order valence-corrected chi connectivity index (χ0v) is 14.2. The normalized spacial score (nSPS) is 16.8. The number of hydrogen-bond acceptors (Lipinski definition) is 5. The fourth-order valence-corrected chi connectivity index (χ4v) is 5.41. The van der Waals surface area contributed by atoms with Crippen LogP contribution in [0.1, 0.15) is 23.2 Å². The van der Waals surface area contributed by atoms with Crippen molar-refractivity contribution < 1.29 is 13.2 Å². The van der Waals surface area contributed by atoms with Crippen LogP contribution < -0.4 is 4.72 Å². The standard InChI is InChI=1S/C14H16N2O3S3/c17-14(11-5-9-20-10-11)16-6-3-12(4-7-16)15-22(18,19)13-2-1-8-21-13/h1-2,5,8-10,12,15H,3-4,6-7H2. The van der Waals surface area contributed by atoms with Crippen molar-refractivity contribution in [1.82, 2.24) is 9.62 Å². The average molecular weight is 356 g/mol. The van der Waals surface area contributed by atoms with Crippen molar-refractivity contribution in [2.24, 2.45) is 0 Å². The lowest BCUT2D eigenvalue weighted by Gasteiger charge is -2.32. The van der Waals surface area contributed by atoms with Gasteiger partial charge in [-0.1, -0.05) is 6.07 Å². The summed E-state index contributed by atoms with van der Waals surface area (Å²) in [6, 6.07) is 5.03. The summed E-state index contributed by atoms with van der Waals surface area (Å²) in [6.45, 7) is 1.15. The number of carbonyl (C=O) groups is 1. The smallest absolute Gasteiger partial charge is 0.254 e. The molecule has 1 aliphatic heterocycles. The summed E-state index contributed by atoms with van der Waals surface area (Å²) in [5, 5.41) is 5.47.